The molecule has 0 aromatic carbocycles. The van der Waals surface area contributed by atoms with Crippen LogP contribution in [-0.2, 0) is 33.8 Å². The topological polar surface area (TPSA) is 222 Å². The Balaban J connectivity index is -0.000000636. The molecule has 16 heteroatoms. The molecule has 0 aliphatic rings. The molecule has 4 N–H and O–H groups in total. The Hall–Kier alpha value is -1.33. The van der Waals surface area contributed by atoms with E-state index in [4.69, 9.17) is 20.4 Å². The fourth-order valence-corrected chi connectivity index (χ4v) is 3.55. The van der Waals surface area contributed by atoms with Gasteiger partial charge in [0.1, 0.15) is 0 Å². The zero-order valence-corrected chi connectivity index (χ0v) is 25.2. The predicted molar refractivity (Wildman–Crippen MR) is 131 cm³/mol. The van der Waals surface area contributed by atoms with Crippen LogP contribution in [0, 0.1) is 0 Å². The van der Waals surface area contributed by atoms with E-state index >= 15 is 0 Å². The average molecular weight is 581 g/mol. The van der Waals surface area contributed by atoms with Gasteiger partial charge >= 0.3 is 53.4 Å². The van der Waals surface area contributed by atoms with Gasteiger partial charge < -0.3 is 25.0 Å². The van der Waals surface area contributed by atoms with Crippen LogP contribution in [0.2, 0.25) is 0 Å². The van der Waals surface area contributed by atoms with E-state index in [0.29, 0.717) is 6.42 Å². The summed E-state index contributed by atoms with van der Waals surface area (Å²) in [4.78, 5) is 44.4. The van der Waals surface area contributed by atoms with Gasteiger partial charge in [0.25, 0.3) is 0 Å². The monoisotopic (exact) mass is 580 g/mol. The molecule has 0 aliphatic carbocycles. The molecule has 0 bridgehead atoms. The maximum Gasteiger partial charge on any atom is 1.00 e. The number of carboxylic acids is 4. The van der Waals surface area contributed by atoms with Crippen molar-refractivity contribution in [2.75, 3.05) is 45.9 Å². The maximum absolute atomic E-state index is 10.6. The molecular formula is C22H41N2NaO12S. The minimum Gasteiger partial charge on any atom is -0.726 e. The Kier molecular flexibility index (Phi) is 28.1. The van der Waals surface area contributed by atoms with Crippen molar-refractivity contribution in [3.05, 3.63) is 0 Å². The third-order valence-electron chi connectivity index (χ3n) is 4.89. The van der Waals surface area contributed by atoms with Gasteiger partial charge in [-0.15, -0.1) is 0 Å². The summed E-state index contributed by atoms with van der Waals surface area (Å²) in [6.07, 6.45) is 11.7. The van der Waals surface area contributed by atoms with Crippen molar-refractivity contribution < 1.29 is 86.3 Å². The van der Waals surface area contributed by atoms with Crippen molar-refractivity contribution in [3.63, 3.8) is 0 Å². The summed E-state index contributed by atoms with van der Waals surface area (Å²) in [6, 6.07) is 0. The smallest absolute Gasteiger partial charge is 0.726 e. The molecule has 0 aromatic rings. The van der Waals surface area contributed by atoms with Crippen molar-refractivity contribution in [3.8, 4) is 0 Å². The molecule has 0 aliphatic heterocycles. The fourth-order valence-electron chi connectivity index (χ4n) is 3.23. The standard InChI is InChI=1S/C12H26O4S.C10H16N2O8.Na/c1-2-3-4-5-6-7-8-9-10-11-12-16-17(13,14)15;13-7(14)3-11(4-8(15)16)1-2-12(5-9(17)18)6-10(19)20;/h2-12H2,1H3,(H,13,14,15);1-6H2,(H,13,14)(H,15,16)(H,17,18)(H,19,20);/q;;+1/p-1. The van der Waals surface area contributed by atoms with Gasteiger partial charge in [-0.1, -0.05) is 64.7 Å². The maximum atomic E-state index is 10.6. The third-order valence-corrected chi connectivity index (χ3v) is 5.35. The number of aliphatic carboxylic acids is 4. The van der Waals surface area contributed by atoms with Gasteiger partial charge in [-0.3, -0.25) is 33.2 Å². The first-order valence-corrected chi connectivity index (χ1v) is 13.5. The van der Waals surface area contributed by atoms with E-state index in [1.807, 2.05) is 0 Å². The zero-order valence-electron chi connectivity index (χ0n) is 22.4. The van der Waals surface area contributed by atoms with Gasteiger partial charge in [-0.25, -0.2) is 8.42 Å². The van der Waals surface area contributed by atoms with E-state index in [2.05, 4.69) is 11.1 Å². The van der Waals surface area contributed by atoms with Crippen molar-refractivity contribution >= 4 is 34.3 Å². The Morgan fingerprint density at radius 2 is 0.921 bits per heavy atom. The van der Waals surface area contributed by atoms with Gasteiger partial charge in [-0.2, -0.15) is 0 Å². The number of unbranched alkanes of at least 4 members (excludes halogenated alkanes) is 9. The molecule has 0 atom stereocenters. The third kappa shape index (κ3) is 34.7. The summed E-state index contributed by atoms with van der Waals surface area (Å²) in [5, 5.41) is 34.5. The summed E-state index contributed by atoms with van der Waals surface area (Å²) < 4.78 is 34.5. The molecule has 0 fully saturated rings. The van der Waals surface area contributed by atoms with Gasteiger partial charge in [0.15, 0.2) is 0 Å². The number of nitrogens with zero attached hydrogens (tertiary/aromatic N) is 2. The van der Waals surface area contributed by atoms with Crippen molar-refractivity contribution in [1.29, 1.82) is 0 Å². The fraction of sp³-hybridized carbons (Fsp3) is 0.818. The van der Waals surface area contributed by atoms with Gasteiger partial charge in [0.05, 0.1) is 32.8 Å². The Bertz CT molecular complexity index is 699. The number of carboxylic acid groups (broad SMARTS) is 4. The quantitative estimate of drug-likeness (QED) is 0.0459. The van der Waals surface area contributed by atoms with Crippen LogP contribution in [0.5, 0.6) is 0 Å². The molecule has 0 aromatic heterocycles. The Morgan fingerprint density at radius 1 is 0.632 bits per heavy atom. The van der Waals surface area contributed by atoms with Gasteiger partial charge in [-0.05, 0) is 6.42 Å². The molecule has 14 nitrogen and oxygen atoms in total. The number of hydrogen-bond donors (Lipinski definition) is 4. The Morgan fingerprint density at radius 3 is 1.18 bits per heavy atom. The molecule has 218 valence electrons. The molecule has 0 unspecified atom stereocenters. The summed E-state index contributed by atoms with van der Waals surface area (Å²) in [7, 11) is -4.48. The summed E-state index contributed by atoms with van der Waals surface area (Å²) in [5.74, 6) is -4.91. The molecule has 0 heterocycles. The second-order valence-corrected chi connectivity index (χ2v) is 9.46. The minimum atomic E-state index is -4.48. The van der Waals surface area contributed by atoms with Crippen LogP contribution in [0.1, 0.15) is 71.1 Å². The first-order valence-electron chi connectivity index (χ1n) is 12.2. The first kappa shape index (κ1) is 41.2. The van der Waals surface area contributed by atoms with E-state index in [-0.39, 0.29) is 49.3 Å². The number of hydrogen-bond acceptors (Lipinski definition) is 10. The van der Waals surface area contributed by atoms with Crippen LogP contribution in [0.15, 0.2) is 0 Å². The van der Waals surface area contributed by atoms with Crippen LogP contribution < -0.4 is 29.6 Å². The van der Waals surface area contributed by atoms with E-state index in [1.165, 1.54) is 44.9 Å². The normalized spacial score (nSPS) is 10.9. The van der Waals surface area contributed by atoms with Crippen LogP contribution >= 0.6 is 0 Å². The summed E-state index contributed by atoms with van der Waals surface area (Å²) in [6.45, 7) is -0.00798. The van der Waals surface area contributed by atoms with Gasteiger partial charge in [0, 0.05) is 13.1 Å². The van der Waals surface area contributed by atoms with E-state index in [1.54, 1.807) is 0 Å². The van der Waals surface area contributed by atoms with Crippen LogP contribution in [0.25, 0.3) is 0 Å². The average Bonchev–Trinajstić information content (AvgIpc) is 2.74. The summed E-state index contributed by atoms with van der Waals surface area (Å²) in [5.41, 5.74) is 0. The first-order chi connectivity index (χ1) is 17.3. The second-order valence-electron chi connectivity index (χ2n) is 8.41. The second kappa shape index (κ2) is 25.9. The van der Waals surface area contributed by atoms with Crippen LogP contribution in [0.4, 0.5) is 0 Å². The van der Waals surface area contributed by atoms with E-state index < -0.39 is 60.5 Å². The molecule has 0 saturated carbocycles. The van der Waals surface area contributed by atoms with Gasteiger partial charge in [0.2, 0.25) is 10.4 Å². The number of rotatable bonds is 23. The Labute approximate surface area is 246 Å². The van der Waals surface area contributed by atoms with Crippen LogP contribution in [0.3, 0.4) is 0 Å². The van der Waals surface area contributed by atoms with Crippen LogP contribution in [-0.4, -0.2) is 113 Å². The molecule has 0 amide bonds. The molecule has 0 rings (SSSR count). The van der Waals surface area contributed by atoms with Crippen molar-refractivity contribution in [2.24, 2.45) is 0 Å². The summed E-state index contributed by atoms with van der Waals surface area (Å²) >= 11 is 0. The predicted octanol–water partition coefficient (Wildman–Crippen LogP) is -1.68. The SMILES string of the molecule is CCCCCCCCCCCCOS(=O)(=O)[O-].O=C(O)CN(CCN(CC(=O)O)CC(=O)O)CC(=O)O.[Na+]. The molecule has 0 radical (unpaired) electrons. The molecule has 0 saturated heterocycles. The number of carbonyl (C=O) groups is 4. The van der Waals surface area contributed by atoms with Crippen molar-refractivity contribution in [2.45, 2.75) is 71.1 Å². The largest absolute Gasteiger partial charge is 1.00 e. The van der Waals surface area contributed by atoms with E-state index in [0.717, 1.165) is 22.6 Å². The zero-order chi connectivity index (χ0) is 28.7. The van der Waals surface area contributed by atoms with Crippen molar-refractivity contribution in [1.82, 2.24) is 9.80 Å². The van der Waals surface area contributed by atoms with E-state index in [9.17, 15) is 32.1 Å². The molecular weight excluding hydrogens is 539 g/mol. The molecule has 38 heavy (non-hydrogen) atoms. The minimum absolute atomic E-state index is 0. The molecule has 0 spiro atoms.